The highest BCUT2D eigenvalue weighted by Crippen LogP contribution is 2.13. The summed E-state index contributed by atoms with van der Waals surface area (Å²) in [5.74, 6) is 1.41. The highest BCUT2D eigenvalue weighted by Gasteiger charge is 2.13. The van der Waals surface area contributed by atoms with Crippen molar-refractivity contribution < 1.29 is 0 Å². The number of nitrogens with zero attached hydrogens (tertiary/aromatic N) is 10. The van der Waals surface area contributed by atoms with Crippen LogP contribution in [-0.4, -0.2) is 76.4 Å². The van der Waals surface area contributed by atoms with Gasteiger partial charge in [-0.1, -0.05) is 35.4 Å². The van der Waals surface area contributed by atoms with Gasteiger partial charge in [-0.25, -0.2) is 0 Å². The van der Waals surface area contributed by atoms with Crippen LogP contribution < -0.4 is 0 Å². The number of benzene rings is 2. The van der Waals surface area contributed by atoms with E-state index in [2.05, 4.69) is 91.4 Å². The molecule has 34 heavy (non-hydrogen) atoms. The predicted molar refractivity (Wildman–Crippen MR) is 129 cm³/mol. The van der Waals surface area contributed by atoms with Gasteiger partial charge in [0, 0.05) is 50.7 Å². The molecule has 0 N–H and O–H groups in total. The van der Waals surface area contributed by atoms with Gasteiger partial charge in [-0.15, -0.1) is 10.2 Å². The summed E-state index contributed by atoms with van der Waals surface area (Å²) in [4.78, 5) is 4.55. The fraction of sp³-hybridized carbons (Fsp3) is 0.250. The van der Waals surface area contributed by atoms with Gasteiger partial charge in [0.25, 0.3) is 0 Å². The lowest BCUT2D eigenvalue weighted by Gasteiger charge is -2.33. The van der Waals surface area contributed by atoms with Crippen molar-refractivity contribution in [1.29, 1.82) is 0 Å². The number of rotatable bonds is 6. The second-order valence-electron chi connectivity index (χ2n) is 8.27. The Bertz CT molecular complexity index is 1170. The lowest BCUT2D eigenvalue weighted by Crippen LogP contribution is -2.41. The minimum atomic E-state index is 0.703. The highest BCUT2D eigenvalue weighted by atomic mass is 15.5. The smallest absolute Gasteiger partial charge is 0.181 e. The standard InChI is InChI=1S/C24H26N10/c1-19-3-7-21(8-4-19)33-23(25-27-29-33)11-13-31-15-17-32(18-16-31)14-12-24-26-28-30-34(24)22-9-5-20(2)6-10-22/h3-14H,15-18H2,1-2H3/b13-11+,14-12+. The summed E-state index contributed by atoms with van der Waals surface area (Å²) in [6.07, 6.45) is 8.05. The van der Waals surface area contributed by atoms with Crippen molar-refractivity contribution >= 4 is 12.2 Å². The molecule has 10 nitrogen and oxygen atoms in total. The zero-order valence-corrected chi connectivity index (χ0v) is 19.2. The fourth-order valence-corrected chi connectivity index (χ4v) is 3.72. The van der Waals surface area contributed by atoms with Gasteiger partial charge in [-0.05, 0) is 59.0 Å². The Morgan fingerprint density at radius 3 is 1.35 bits per heavy atom. The summed E-state index contributed by atoms with van der Waals surface area (Å²) in [5, 5.41) is 24.2. The van der Waals surface area contributed by atoms with Crippen molar-refractivity contribution in [2.45, 2.75) is 13.8 Å². The summed E-state index contributed by atoms with van der Waals surface area (Å²) < 4.78 is 3.49. The van der Waals surface area contributed by atoms with E-state index in [0.717, 1.165) is 37.6 Å². The van der Waals surface area contributed by atoms with Crippen molar-refractivity contribution in [3.63, 3.8) is 0 Å². The molecule has 0 spiro atoms. The normalized spacial score (nSPS) is 14.5. The Morgan fingerprint density at radius 2 is 0.971 bits per heavy atom. The van der Waals surface area contributed by atoms with E-state index in [9.17, 15) is 0 Å². The summed E-state index contributed by atoms with van der Waals surface area (Å²) in [5.41, 5.74) is 4.29. The molecule has 0 amide bonds. The third kappa shape index (κ3) is 4.85. The Morgan fingerprint density at radius 1 is 0.588 bits per heavy atom. The molecule has 172 valence electrons. The molecule has 5 rings (SSSR count). The van der Waals surface area contributed by atoms with E-state index in [4.69, 9.17) is 0 Å². The number of tetrazole rings is 2. The van der Waals surface area contributed by atoms with E-state index in [1.807, 2.05) is 36.4 Å². The molecule has 10 heteroatoms. The Hall–Kier alpha value is -4.34. The lowest BCUT2D eigenvalue weighted by atomic mass is 10.2. The maximum Gasteiger partial charge on any atom is 0.181 e. The molecule has 0 bridgehead atoms. The molecule has 1 fully saturated rings. The number of piperazine rings is 1. The molecule has 3 heterocycles. The molecular weight excluding hydrogens is 428 g/mol. The van der Waals surface area contributed by atoms with Gasteiger partial charge >= 0.3 is 0 Å². The van der Waals surface area contributed by atoms with Crippen LogP contribution in [0.3, 0.4) is 0 Å². The molecule has 2 aromatic heterocycles. The van der Waals surface area contributed by atoms with E-state index in [-0.39, 0.29) is 0 Å². The molecule has 0 saturated carbocycles. The van der Waals surface area contributed by atoms with Crippen LogP contribution in [0.2, 0.25) is 0 Å². The Balaban J connectivity index is 1.18. The maximum atomic E-state index is 4.16. The monoisotopic (exact) mass is 454 g/mol. The molecule has 1 aliphatic heterocycles. The summed E-state index contributed by atoms with van der Waals surface area (Å²) in [6.45, 7) is 7.72. The van der Waals surface area contributed by atoms with Gasteiger partial charge in [0.1, 0.15) is 0 Å². The topological polar surface area (TPSA) is 93.7 Å². The first kappa shape index (κ1) is 21.5. The first-order valence-electron chi connectivity index (χ1n) is 11.2. The highest BCUT2D eigenvalue weighted by molar-refractivity contribution is 5.45. The molecule has 0 atom stereocenters. The summed E-state index contributed by atoms with van der Waals surface area (Å²) in [7, 11) is 0. The Labute approximate surface area is 197 Å². The van der Waals surface area contributed by atoms with E-state index in [0.29, 0.717) is 11.6 Å². The molecule has 4 aromatic rings. The molecule has 0 aliphatic carbocycles. The van der Waals surface area contributed by atoms with E-state index in [1.165, 1.54) is 11.1 Å². The fourth-order valence-electron chi connectivity index (χ4n) is 3.72. The first-order chi connectivity index (χ1) is 16.7. The zero-order chi connectivity index (χ0) is 23.3. The van der Waals surface area contributed by atoms with Gasteiger partial charge in [-0.3, -0.25) is 0 Å². The number of hydrogen-bond donors (Lipinski definition) is 0. The largest absolute Gasteiger partial charge is 0.374 e. The number of hydrogen-bond acceptors (Lipinski definition) is 8. The second-order valence-corrected chi connectivity index (χ2v) is 8.27. The van der Waals surface area contributed by atoms with Crippen LogP contribution in [0.4, 0.5) is 0 Å². The lowest BCUT2D eigenvalue weighted by molar-refractivity contribution is 0.220. The predicted octanol–water partition coefficient (Wildman–Crippen LogP) is 2.51. The van der Waals surface area contributed by atoms with Crippen LogP contribution >= 0.6 is 0 Å². The molecule has 1 saturated heterocycles. The van der Waals surface area contributed by atoms with Crippen molar-refractivity contribution in [2.75, 3.05) is 26.2 Å². The minimum Gasteiger partial charge on any atom is -0.374 e. The maximum absolute atomic E-state index is 4.16. The van der Waals surface area contributed by atoms with Gasteiger partial charge < -0.3 is 9.80 Å². The third-order valence-corrected chi connectivity index (χ3v) is 5.76. The van der Waals surface area contributed by atoms with E-state index >= 15 is 0 Å². The average Bonchev–Trinajstić information content (AvgIpc) is 3.53. The number of aryl methyl sites for hydroxylation is 2. The van der Waals surface area contributed by atoms with Crippen LogP contribution in [0.5, 0.6) is 0 Å². The Kier molecular flexibility index (Phi) is 6.11. The quantitative estimate of drug-likeness (QED) is 0.439. The van der Waals surface area contributed by atoms with Crippen LogP contribution in [0, 0.1) is 13.8 Å². The van der Waals surface area contributed by atoms with Crippen LogP contribution in [-0.2, 0) is 0 Å². The van der Waals surface area contributed by atoms with Gasteiger partial charge in [-0.2, -0.15) is 9.36 Å². The second kappa shape index (κ2) is 9.65. The SMILES string of the molecule is Cc1ccc(-n2nnnc2/C=C/N2CCN(/C=C/c3nnnn3-c3ccc(C)cc3)CC2)cc1. The first-order valence-corrected chi connectivity index (χ1v) is 11.2. The van der Waals surface area contributed by atoms with Crippen molar-refractivity contribution in [3.8, 4) is 11.4 Å². The molecule has 1 aliphatic rings. The molecule has 0 radical (unpaired) electrons. The van der Waals surface area contributed by atoms with E-state index < -0.39 is 0 Å². The van der Waals surface area contributed by atoms with Crippen molar-refractivity contribution in [3.05, 3.63) is 83.7 Å². The van der Waals surface area contributed by atoms with Crippen LogP contribution in [0.25, 0.3) is 23.5 Å². The van der Waals surface area contributed by atoms with Crippen LogP contribution in [0.15, 0.2) is 60.9 Å². The van der Waals surface area contributed by atoms with Crippen molar-refractivity contribution in [1.82, 2.24) is 50.2 Å². The van der Waals surface area contributed by atoms with E-state index in [1.54, 1.807) is 9.36 Å². The van der Waals surface area contributed by atoms with Gasteiger partial charge in [0.05, 0.1) is 11.4 Å². The van der Waals surface area contributed by atoms with Crippen LogP contribution in [0.1, 0.15) is 22.8 Å². The minimum absolute atomic E-state index is 0.703. The third-order valence-electron chi connectivity index (χ3n) is 5.76. The average molecular weight is 455 g/mol. The summed E-state index contributed by atoms with van der Waals surface area (Å²) in [6, 6.07) is 16.3. The zero-order valence-electron chi connectivity index (χ0n) is 19.2. The summed E-state index contributed by atoms with van der Waals surface area (Å²) >= 11 is 0. The van der Waals surface area contributed by atoms with Gasteiger partial charge in [0.2, 0.25) is 0 Å². The molecular formula is C24H26N10. The molecule has 2 aromatic carbocycles. The molecule has 0 unspecified atom stereocenters. The number of aromatic nitrogens is 8. The van der Waals surface area contributed by atoms with Crippen molar-refractivity contribution in [2.24, 2.45) is 0 Å². The van der Waals surface area contributed by atoms with Gasteiger partial charge in [0.15, 0.2) is 11.6 Å².